The lowest BCUT2D eigenvalue weighted by Crippen LogP contribution is -2.10. The zero-order valence-electron chi connectivity index (χ0n) is 12.8. The normalized spacial score (nSPS) is 12.3. The van der Waals surface area contributed by atoms with Crippen LogP contribution in [0, 0.1) is 5.41 Å². The first-order valence-electron chi connectivity index (χ1n) is 6.94. The highest BCUT2D eigenvalue weighted by Gasteiger charge is 2.14. The van der Waals surface area contributed by atoms with Crippen LogP contribution in [0.3, 0.4) is 0 Å². The molecule has 22 heavy (non-hydrogen) atoms. The summed E-state index contributed by atoms with van der Waals surface area (Å²) >= 11 is 15.4. The second-order valence-corrected chi connectivity index (χ2v) is 9.11. The van der Waals surface area contributed by atoms with Crippen molar-refractivity contribution < 1.29 is 4.74 Å². The molecule has 0 aliphatic rings. The number of nitrogens with zero attached hydrogens (tertiary/aromatic N) is 3. The van der Waals surface area contributed by atoms with Crippen LogP contribution in [0.2, 0.25) is 22.5 Å². The Morgan fingerprint density at radius 3 is 2.73 bits per heavy atom. The molecule has 0 aliphatic heterocycles. The molecular formula is C14H18BrCl2N3OSi. The van der Waals surface area contributed by atoms with Gasteiger partial charge in [0.05, 0.1) is 5.39 Å². The minimum absolute atomic E-state index is 0.135. The first-order valence-corrected chi connectivity index (χ1v) is 9.90. The van der Waals surface area contributed by atoms with Crippen LogP contribution in [0.25, 0.3) is 11.0 Å². The fourth-order valence-electron chi connectivity index (χ4n) is 1.94. The van der Waals surface area contributed by atoms with Crippen molar-refractivity contribution in [2.45, 2.75) is 39.6 Å². The van der Waals surface area contributed by atoms with Crippen LogP contribution in [-0.4, -0.2) is 30.7 Å². The van der Waals surface area contributed by atoms with Gasteiger partial charge < -0.3 is 9.30 Å². The minimum Gasteiger partial charge on any atom is -0.361 e. The molecule has 120 valence electrons. The Morgan fingerprint density at radius 1 is 1.32 bits per heavy atom. The zero-order chi connectivity index (χ0) is 16.3. The molecule has 2 rings (SSSR count). The molecule has 0 fully saturated rings. The molecule has 0 saturated heterocycles. The van der Waals surface area contributed by atoms with Crippen molar-refractivity contribution >= 4 is 59.7 Å². The largest absolute Gasteiger partial charge is 0.361 e. The summed E-state index contributed by atoms with van der Waals surface area (Å²) in [7, 11) is 0.922. The second kappa shape index (κ2) is 7.62. The molecule has 2 aromatic heterocycles. The smallest absolute Gasteiger partial charge is 0.225 e. The molecule has 0 aromatic carbocycles. The van der Waals surface area contributed by atoms with Crippen LogP contribution in [0.5, 0.6) is 0 Å². The van der Waals surface area contributed by atoms with Gasteiger partial charge in [0.2, 0.25) is 5.28 Å². The van der Waals surface area contributed by atoms with E-state index in [0.717, 1.165) is 32.0 Å². The van der Waals surface area contributed by atoms with Crippen molar-refractivity contribution in [2.24, 2.45) is 5.41 Å². The number of aromatic nitrogens is 3. The number of ether oxygens (including phenoxy) is 1. The first-order chi connectivity index (χ1) is 10.3. The Hall–Kier alpha value is -0.143. The molecule has 0 unspecified atom stereocenters. The zero-order valence-corrected chi connectivity index (χ0v) is 16.9. The van der Waals surface area contributed by atoms with E-state index >= 15 is 0 Å². The van der Waals surface area contributed by atoms with Crippen LogP contribution >= 0.6 is 39.1 Å². The van der Waals surface area contributed by atoms with Gasteiger partial charge in [0.1, 0.15) is 17.5 Å². The van der Waals surface area contributed by atoms with Crippen molar-refractivity contribution in [1.82, 2.24) is 14.5 Å². The van der Waals surface area contributed by atoms with Gasteiger partial charge in [-0.1, -0.05) is 38.4 Å². The summed E-state index contributed by atoms with van der Waals surface area (Å²) in [6.45, 7) is 7.94. The third kappa shape index (κ3) is 4.93. The van der Waals surface area contributed by atoms with Gasteiger partial charge in [0.25, 0.3) is 0 Å². The van der Waals surface area contributed by atoms with E-state index in [1.54, 1.807) is 0 Å². The topological polar surface area (TPSA) is 39.9 Å². The fraction of sp³-hybridized carbons (Fsp3) is 0.571. The van der Waals surface area contributed by atoms with Gasteiger partial charge in [-0.15, -0.1) is 0 Å². The Labute approximate surface area is 151 Å². The summed E-state index contributed by atoms with van der Waals surface area (Å²) in [4.78, 5) is 8.19. The van der Waals surface area contributed by atoms with Crippen LogP contribution in [-0.2, 0) is 11.5 Å². The Balaban J connectivity index is 1.93. The monoisotopic (exact) mass is 421 g/mol. The van der Waals surface area contributed by atoms with Gasteiger partial charge in [0, 0.05) is 26.8 Å². The molecule has 4 nitrogen and oxygen atoms in total. The molecule has 0 amide bonds. The second-order valence-electron chi connectivity index (χ2n) is 6.20. The molecule has 0 spiro atoms. The molecule has 2 radical (unpaired) electrons. The number of fused-ring (bicyclic) bond motifs is 1. The van der Waals surface area contributed by atoms with Gasteiger partial charge in [-0.05, 0) is 39.0 Å². The molecule has 8 heteroatoms. The van der Waals surface area contributed by atoms with Gasteiger partial charge in [-0.3, -0.25) is 0 Å². The SMILES string of the molecule is CC(C)(C)C[Si]CCOCn1cc(Br)c2c(Cl)nc(Cl)nc21. The standard InChI is InChI=1S/C14H18BrCl2N3OSi/c1-14(2,3)7-22-5-4-21-8-20-6-9(15)10-11(16)18-13(17)19-12(10)20/h6H,4-5,7-8H2,1-3H3. The van der Waals surface area contributed by atoms with Gasteiger partial charge >= 0.3 is 0 Å². The molecule has 0 aliphatic carbocycles. The highest BCUT2D eigenvalue weighted by Crippen LogP contribution is 2.31. The molecule has 0 bridgehead atoms. The van der Waals surface area contributed by atoms with Gasteiger partial charge in [0.15, 0.2) is 0 Å². The molecule has 0 saturated carbocycles. The maximum atomic E-state index is 6.11. The predicted octanol–water partition coefficient (Wildman–Crippen LogP) is 5.06. The molecule has 0 atom stereocenters. The quantitative estimate of drug-likeness (QED) is 0.282. The number of halogens is 3. The van der Waals surface area contributed by atoms with Gasteiger partial charge in [-0.2, -0.15) is 4.98 Å². The number of hydrogen-bond acceptors (Lipinski definition) is 3. The lowest BCUT2D eigenvalue weighted by atomic mass is 10.0. The van der Waals surface area contributed by atoms with E-state index in [4.69, 9.17) is 27.9 Å². The van der Waals surface area contributed by atoms with E-state index in [0.29, 0.717) is 22.9 Å². The fourth-order valence-corrected chi connectivity index (χ4v) is 4.36. The summed E-state index contributed by atoms with van der Waals surface area (Å²) in [5, 5.41) is 1.23. The van der Waals surface area contributed by atoms with Crippen molar-refractivity contribution in [3.63, 3.8) is 0 Å². The Morgan fingerprint density at radius 2 is 2.05 bits per heavy atom. The minimum atomic E-state index is 0.135. The van der Waals surface area contributed by atoms with Crippen LogP contribution in [0.4, 0.5) is 0 Å². The summed E-state index contributed by atoms with van der Waals surface area (Å²) in [6, 6.07) is 2.31. The Kier molecular flexibility index (Phi) is 6.30. The van der Waals surface area contributed by atoms with Crippen molar-refractivity contribution in [3.8, 4) is 0 Å². The summed E-state index contributed by atoms with van der Waals surface area (Å²) in [5.74, 6) is 0. The molecule has 2 aromatic rings. The van der Waals surface area contributed by atoms with E-state index in [-0.39, 0.29) is 5.28 Å². The number of hydrogen-bond donors (Lipinski definition) is 0. The van der Waals surface area contributed by atoms with Crippen molar-refractivity contribution in [2.75, 3.05) is 6.61 Å². The van der Waals surface area contributed by atoms with Crippen LogP contribution in [0.1, 0.15) is 20.8 Å². The average molecular weight is 423 g/mol. The lowest BCUT2D eigenvalue weighted by molar-refractivity contribution is 0.0903. The summed E-state index contributed by atoms with van der Waals surface area (Å²) in [6.07, 6.45) is 1.89. The highest BCUT2D eigenvalue weighted by atomic mass is 79.9. The van der Waals surface area contributed by atoms with Gasteiger partial charge in [-0.25, -0.2) is 4.98 Å². The molecule has 0 N–H and O–H groups in total. The summed E-state index contributed by atoms with van der Waals surface area (Å²) < 4.78 is 8.45. The third-order valence-electron chi connectivity index (χ3n) is 2.91. The average Bonchev–Trinajstić information content (AvgIpc) is 2.69. The molecule has 2 heterocycles. The highest BCUT2D eigenvalue weighted by molar-refractivity contribution is 9.10. The van der Waals surface area contributed by atoms with E-state index < -0.39 is 0 Å². The number of rotatable bonds is 6. The lowest BCUT2D eigenvalue weighted by Gasteiger charge is -2.16. The van der Waals surface area contributed by atoms with E-state index in [1.807, 2.05) is 10.8 Å². The van der Waals surface area contributed by atoms with E-state index in [2.05, 4.69) is 46.7 Å². The third-order valence-corrected chi connectivity index (χ3v) is 5.82. The predicted molar refractivity (Wildman–Crippen MR) is 96.0 cm³/mol. The van der Waals surface area contributed by atoms with Crippen molar-refractivity contribution in [1.29, 1.82) is 0 Å². The first kappa shape index (κ1) is 18.2. The van der Waals surface area contributed by atoms with Crippen molar-refractivity contribution in [3.05, 3.63) is 21.1 Å². The summed E-state index contributed by atoms with van der Waals surface area (Å²) in [5.41, 5.74) is 1.07. The van der Waals surface area contributed by atoms with Crippen LogP contribution < -0.4 is 0 Å². The maximum absolute atomic E-state index is 6.11. The molecular weight excluding hydrogens is 405 g/mol. The van der Waals surface area contributed by atoms with E-state index in [1.165, 1.54) is 6.04 Å². The van der Waals surface area contributed by atoms with Crippen LogP contribution in [0.15, 0.2) is 10.7 Å². The van der Waals surface area contributed by atoms with E-state index in [9.17, 15) is 0 Å². The maximum Gasteiger partial charge on any atom is 0.225 e. The Bertz CT molecular complexity index is 658.